The van der Waals surface area contributed by atoms with Gasteiger partial charge in [0.25, 0.3) is 0 Å². The molecule has 0 atom stereocenters. The SMILES string of the molecule is CCS(=O)(=O)N1CCN(S(=O)(=O)c2ccc(OC)cc2)CC1.O=C(O)C(=O)O. The fraction of sp³-hybridized carbons (Fsp3) is 0.467. The van der Waals surface area contributed by atoms with Gasteiger partial charge in [-0.05, 0) is 31.2 Å². The van der Waals surface area contributed by atoms with Crippen LogP contribution in [0.1, 0.15) is 6.92 Å². The highest BCUT2D eigenvalue weighted by Gasteiger charge is 2.32. The Morgan fingerprint density at radius 1 is 0.929 bits per heavy atom. The molecule has 2 N–H and O–H groups in total. The Labute approximate surface area is 163 Å². The van der Waals surface area contributed by atoms with E-state index in [0.717, 1.165) is 0 Å². The minimum absolute atomic E-state index is 0.0260. The fourth-order valence-corrected chi connectivity index (χ4v) is 4.77. The van der Waals surface area contributed by atoms with Crippen molar-refractivity contribution in [1.82, 2.24) is 8.61 Å². The van der Waals surface area contributed by atoms with Crippen LogP contribution in [-0.2, 0) is 29.6 Å². The monoisotopic (exact) mass is 438 g/mol. The van der Waals surface area contributed by atoms with Crippen molar-refractivity contribution in [3.63, 3.8) is 0 Å². The molecule has 1 aliphatic heterocycles. The van der Waals surface area contributed by atoms with Gasteiger partial charge in [0.05, 0.1) is 17.8 Å². The average Bonchev–Trinajstić information content (AvgIpc) is 2.68. The number of nitrogens with zero attached hydrogens (tertiary/aromatic N) is 2. The van der Waals surface area contributed by atoms with E-state index in [4.69, 9.17) is 24.5 Å². The summed E-state index contributed by atoms with van der Waals surface area (Å²) in [5, 5.41) is 14.8. The van der Waals surface area contributed by atoms with E-state index in [1.807, 2.05) is 0 Å². The first kappa shape index (κ1) is 23.8. The number of rotatable bonds is 5. The number of piperazine rings is 1. The molecule has 1 aromatic carbocycles. The number of benzene rings is 1. The number of sulfonamides is 2. The van der Waals surface area contributed by atoms with Crippen molar-refractivity contribution in [2.24, 2.45) is 0 Å². The van der Waals surface area contributed by atoms with Gasteiger partial charge in [-0.15, -0.1) is 0 Å². The Hall–Kier alpha value is -2.22. The zero-order chi connectivity index (χ0) is 21.5. The van der Waals surface area contributed by atoms with Crippen LogP contribution >= 0.6 is 0 Å². The van der Waals surface area contributed by atoms with E-state index in [2.05, 4.69) is 0 Å². The highest BCUT2D eigenvalue weighted by atomic mass is 32.2. The second kappa shape index (κ2) is 9.82. The van der Waals surface area contributed by atoms with Gasteiger partial charge in [0.2, 0.25) is 20.0 Å². The molecule has 0 bridgehead atoms. The Bertz CT molecular complexity index is 876. The Kier molecular flexibility index (Phi) is 8.35. The van der Waals surface area contributed by atoms with Crippen molar-refractivity contribution in [1.29, 1.82) is 0 Å². The second-order valence-electron chi connectivity index (χ2n) is 5.49. The smallest absolute Gasteiger partial charge is 0.414 e. The summed E-state index contributed by atoms with van der Waals surface area (Å²) in [6.07, 6.45) is 0. The van der Waals surface area contributed by atoms with E-state index in [9.17, 15) is 16.8 Å². The molecule has 0 radical (unpaired) electrons. The molecule has 0 aliphatic carbocycles. The lowest BCUT2D eigenvalue weighted by Gasteiger charge is -2.33. The number of ether oxygens (including phenoxy) is 1. The molecule has 1 saturated heterocycles. The van der Waals surface area contributed by atoms with Gasteiger partial charge < -0.3 is 14.9 Å². The summed E-state index contributed by atoms with van der Waals surface area (Å²) >= 11 is 0. The standard InChI is InChI=1S/C13H20N2O5S2.C2H2O4/c1-3-21(16,17)14-8-10-15(11-9-14)22(18,19)13-6-4-12(20-2)5-7-13;3-1(4)2(5)6/h4-7H,3,8-11H2,1-2H3;(H,3,4)(H,5,6). The molecule has 0 aromatic heterocycles. The number of carboxylic acids is 2. The number of hydrogen-bond donors (Lipinski definition) is 2. The van der Waals surface area contributed by atoms with Crippen LogP contribution in [0.3, 0.4) is 0 Å². The fourth-order valence-electron chi connectivity index (χ4n) is 2.27. The molecular weight excluding hydrogens is 416 g/mol. The molecule has 13 heteroatoms. The number of carboxylic acid groups (broad SMARTS) is 2. The topological polar surface area (TPSA) is 159 Å². The normalized spacial score (nSPS) is 15.9. The van der Waals surface area contributed by atoms with Gasteiger partial charge in [0.1, 0.15) is 5.75 Å². The lowest BCUT2D eigenvalue weighted by molar-refractivity contribution is -0.159. The molecular formula is C15H22N2O9S2. The average molecular weight is 438 g/mol. The van der Waals surface area contributed by atoms with Gasteiger partial charge in [0.15, 0.2) is 0 Å². The first-order valence-electron chi connectivity index (χ1n) is 8.04. The molecule has 0 amide bonds. The van der Waals surface area contributed by atoms with E-state index in [1.165, 1.54) is 27.9 Å². The van der Waals surface area contributed by atoms with Gasteiger partial charge in [-0.3, -0.25) is 0 Å². The predicted octanol–water partition coefficient (Wildman–Crippen LogP) is -0.493. The first-order valence-corrected chi connectivity index (χ1v) is 11.1. The highest BCUT2D eigenvalue weighted by Crippen LogP contribution is 2.21. The van der Waals surface area contributed by atoms with Crippen LogP contribution in [0.15, 0.2) is 29.2 Å². The van der Waals surface area contributed by atoms with Crippen LogP contribution in [0.2, 0.25) is 0 Å². The molecule has 28 heavy (non-hydrogen) atoms. The Morgan fingerprint density at radius 2 is 1.36 bits per heavy atom. The molecule has 11 nitrogen and oxygen atoms in total. The maximum atomic E-state index is 12.5. The van der Waals surface area contributed by atoms with Crippen molar-refractivity contribution < 1.29 is 41.4 Å². The summed E-state index contributed by atoms with van der Waals surface area (Å²) in [4.78, 5) is 18.4. The number of carbonyl (C=O) groups is 2. The van der Waals surface area contributed by atoms with Gasteiger partial charge >= 0.3 is 11.9 Å². The van der Waals surface area contributed by atoms with Crippen molar-refractivity contribution in [3.05, 3.63) is 24.3 Å². The lowest BCUT2D eigenvalue weighted by atomic mass is 10.3. The van der Waals surface area contributed by atoms with Crippen LogP contribution in [0.4, 0.5) is 0 Å². The number of methoxy groups -OCH3 is 1. The Balaban J connectivity index is 0.000000568. The van der Waals surface area contributed by atoms with Crippen molar-refractivity contribution >= 4 is 32.0 Å². The maximum absolute atomic E-state index is 12.5. The summed E-state index contributed by atoms with van der Waals surface area (Å²) in [6, 6.07) is 6.15. The van der Waals surface area contributed by atoms with Gasteiger partial charge in [-0.1, -0.05) is 0 Å². The second-order valence-corrected chi connectivity index (χ2v) is 9.69. The molecule has 0 saturated carbocycles. The van der Waals surface area contributed by atoms with E-state index in [-0.39, 0.29) is 36.8 Å². The minimum Gasteiger partial charge on any atom is -0.497 e. The van der Waals surface area contributed by atoms with E-state index >= 15 is 0 Å². The first-order chi connectivity index (χ1) is 13.0. The summed E-state index contributed by atoms with van der Waals surface area (Å²) in [7, 11) is -5.36. The van der Waals surface area contributed by atoms with Crippen molar-refractivity contribution in [2.75, 3.05) is 39.0 Å². The van der Waals surface area contributed by atoms with Crippen LogP contribution in [0, 0.1) is 0 Å². The molecule has 158 valence electrons. The zero-order valence-electron chi connectivity index (χ0n) is 15.3. The van der Waals surface area contributed by atoms with Crippen molar-refractivity contribution in [3.8, 4) is 5.75 Å². The lowest BCUT2D eigenvalue weighted by Crippen LogP contribution is -2.50. The van der Waals surface area contributed by atoms with Gasteiger partial charge in [-0.2, -0.15) is 8.61 Å². The van der Waals surface area contributed by atoms with Crippen LogP contribution in [-0.4, -0.2) is 86.6 Å². The number of hydrogen-bond acceptors (Lipinski definition) is 7. The number of aliphatic carboxylic acids is 2. The molecule has 1 fully saturated rings. The highest BCUT2D eigenvalue weighted by molar-refractivity contribution is 7.89. The zero-order valence-corrected chi connectivity index (χ0v) is 16.9. The van der Waals surface area contributed by atoms with E-state index < -0.39 is 32.0 Å². The van der Waals surface area contributed by atoms with Crippen LogP contribution < -0.4 is 4.74 Å². The van der Waals surface area contributed by atoms with E-state index in [0.29, 0.717) is 5.75 Å². The molecule has 2 rings (SSSR count). The summed E-state index contributed by atoms with van der Waals surface area (Å²) in [6.45, 7) is 2.27. The van der Waals surface area contributed by atoms with Crippen molar-refractivity contribution in [2.45, 2.75) is 11.8 Å². The maximum Gasteiger partial charge on any atom is 0.414 e. The molecule has 1 aromatic rings. The summed E-state index contributed by atoms with van der Waals surface area (Å²) in [5.41, 5.74) is 0. The molecule has 0 unspecified atom stereocenters. The third-order valence-corrected chi connectivity index (χ3v) is 7.63. The van der Waals surface area contributed by atoms with Gasteiger partial charge in [0, 0.05) is 26.2 Å². The summed E-state index contributed by atoms with van der Waals surface area (Å²) < 4.78 is 56.3. The summed E-state index contributed by atoms with van der Waals surface area (Å²) in [5.74, 6) is -3.04. The quantitative estimate of drug-likeness (QED) is 0.578. The van der Waals surface area contributed by atoms with Crippen LogP contribution in [0.5, 0.6) is 5.75 Å². The molecule has 1 heterocycles. The Morgan fingerprint density at radius 3 is 1.71 bits per heavy atom. The largest absolute Gasteiger partial charge is 0.497 e. The minimum atomic E-state index is -3.61. The molecule has 0 spiro atoms. The van der Waals surface area contributed by atoms with E-state index in [1.54, 1.807) is 19.1 Å². The van der Waals surface area contributed by atoms with Gasteiger partial charge in [-0.25, -0.2) is 26.4 Å². The third-order valence-electron chi connectivity index (χ3n) is 3.84. The third kappa shape index (κ3) is 6.15. The van der Waals surface area contributed by atoms with Crippen LogP contribution in [0.25, 0.3) is 0 Å². The molecule has 1 aliphatic rings. The predicted molar refractivity (Wildman–Crippen MR) is 98.1 cm³/mol.